The Morgan fingerprint density at radius 2 is 1.81 bits per heavy atom. The topological polar surface area (TPSA) is 46.5 Å². The van der Waals surface area contributed by atoms with Gasteiger partial charge in [-0.05, 0) is 44.4 Å². The van der Waals surface area contributed by atoms with Gasteiger partial charge in [-0.15, -0.1) is 0 Å². The Morgan fingerprint density at radius 3 is 2.38 bits per heavy atom. The molecule has 3 nitrogen and oxygen atoms in total. The van der Waals surface area contributed by atoms with E-state index in [1.165, 1.54) is 5.57 Å². The molecule has 0 unspecified atom stereocenters. The lowest BCUT2D eigenvalue weighted by Crippen LogP contribution is -2.19. The minimum absolute atomic E-state index is 0.105. The second-order valence-corrected chi connectivity index (χ2v) is 4.89. The van der Waals surface area contributed by atoms with Crippen LogP contribution < -0.4 is 0 Å². The first-order valence-electron chi connectivity index (χ1n) is 6.26. The van der Waals surface area contributed by atoms with Crippen LogP contribution in [0.1, 0.15) is 38.5 Å². The van der Waals surface area contributed by atoms with E-state index in [0.717, 1.165) is 51.7 Å². The van der Waals surface area contributed by atoms with Crippen LogP contribution in [-0.2, 0) is 9.53 Å². The number of rotatable bonds is 2. The number of hydrogen-bond donors (Lipinski definition) is 1. The van der Waals surface area contributed by atoms with Crippen LogP contribution in [0.4, 0.5) is 0 Å². The molecule has 2 aliphatic rings. The molecule has 1 saturated heterocycles. The van der Waals surface area contributed by atoms with E-state index >= 15 is 0 Å². The fourth-order valence-electron chi connectivity index (χ4n) is 2.62. The number of ether oxygens (including phenoxy) is 1. The van der Waals surface area contributed by atoms with Crippen molar-refractivity contribution in [1.82, 2.24) is 0 Å². The highest BCUT2D eigenvalue weighted by Crippen LogP contribution is 2.30. The van der Waals surface area contributed by atoms with Crippen molar-refractivity contribution in [3.8, 4) is 0 Å². The summed E-state index contributed by atoms with van der Waals surface area (Å²) in [4.78, 5) is 10.8. The van der Waals surface area contributed by atoms with Crippen molar-refractivity contribution < 1.29 is 14.6 Å². The number of allylic oxidation sites excluding steroid dienone is 2. The van der Waals surface area contributed by atoms with E-state index in [-0.39, 0.29) is 5.92 Å². The zero-order valence-electron chi connectivity index (χ0n) is 9.65. The van der Waals surface area contributed by atoms with Crippen LogP contribution in [0.2, 0.25) is 0 Å². The number of carbonyl (C=O) groups is 1. The first kappa shape index (κ1) is 11.6. The zero-order chi connectivity index (χ0) is 11.4. The van der Waals surface area contributed by atoms with E-state index in [1.54, 1.807) is 0 Å². The van der Waals surface area contributed by atoms with Gasteiger partial charge in [0.05, 0.1) is 5.92 Å². The Labute approximate surface area is 96.5 Å². The maximum atomic E-state index is 10.8. The van der Waals surface area contributed by atoms with Gasteiger partial charge in [0.1, 0.15) is 0 Å². The van der Waals surface area contributed by atoms with Crippen molar-refractivity contribution in [2.45, 2.75) is 38.5 Å². The number of carboxylic acid groups (broad SMARTS) is 1. The van der Waals surface area contributed by atoms with Crippen LogP contribution in [0.25, 0.3) is 0 Å². The van der Waals surface area contributed by atoms with Gasteiger partial charge in [-0.3, -0.25) is 4.79 Å². The molecule has 0 spiro atoms. The van der Waals surface area contributed by atoms with Crippen LogP contribution in [0.3, 0.4) is 0 Å². The fourth-order valence-corrected chi connectivity index (χ4v) is 2.62. The van der Waals surface area contributed by atoms with Crippen molar-refractivity contribution in [1.29, 1.82) is 0 Å². The lowest BCUT2D eigenvalue weighted by Gasteiger charge is -2.24. The van der Waals surface area contributed by atoms with Crippen molar-refractivity contribution in [2.75, 3.05) is 13.2 Å². The van der Waals surface area contributed by atoms with Gasteiger partial charge in [-0.2, -0.15) is 0 Å². The summed E-state index contributed by atoms with van der Waals surface area (Å²) in [7, 11) is 0. The highest BCUT2D eigenvalue weighted by molar-refractivity contribution is 5.70. The third-order valence-corrected chi connectivity index (χ3v) is 3.71. The van der Waals surface area contributed by atoms with Crippen LogP contribution in [0.15, 0.2) is 11.6 Å². The molecule has 2 fully saturated rings. The fraction of sp³-hybridized carbons (Fsp3) is 0.769. The molecule has 0 aromatic heterocycles. The number of hydrogen-bond acceptors (Lipinski definition) is 2. The average molecular weight is 224 g/mol. The molecule has 1 saturated carbocycles. The van der Waals surface area contributed by atoms with Crippen molar-refractivity contribution in [2.24, 2.45) is 11.8 Å². The zero-order valence-corrected chi connectivity index (χ0v) is 9.65. The van der Waals surface area contributed by atoms with Gasteiger partial charge in [-0.1, -0.05) is 11.6 Å². The summed E-state index contributed by atoms with van der Waals surface area (Å²) >= 11 is 0. The average Bonchev–Trinajstić information content (AvgIpc) is 2.31. The first-order chi connectivity index (χ1) is 7.75. The molecule has 1 aliphatic heterocycles. The van der Waals surface area contributed by atoms with E-state index in [2.05, 4.69) is 6.08 Å². The third kappa shape index (κ3) is 3.08. The van der Waals surface area contributed by atoms with Gasteiger partial charge in [0.15, 0.2) is 0 Å². The molecule has 0 aromatic rings. The molecule has 3 heteroatoms. The van der Waals surface area contributed by atoms with E-state index in [4.69, 9.17) is 9.84 Å². The standard InChI is InChI=1S/C13H20O3/c14-13(15)12-3-1-10(2-4-12)9-11-5-7-16-8-6-11/h9,11-12H,1-8H2,(H,14,15). The number of carboxylic acids is 1. The van der Waals surface area contributed by atoms with Gasteiger partial charge in [0, 0.05) is 13.2 Å². The molecule has 1 aliphatic carbocycles. The molecule has 2 rings (SSSR count). The third-order valence-electron chi connectivity index (χ3n) is 3.71. The van der Waals surface area contributed by atoms with Crippen LogP contribution in [0.5, 0.6) is 0 Å². The predicted molar refractivity (Wildman–Crippen MR) is 61.2 cm³/mol. The molecule has 16 heavy (non-hydrogen) atoms. The molecule has 1 N–H and O–H groups in total. The Morgan fingerprint density at radius 1 is 1.19 bits per heavy atom. The maximum absolute atomic E-state index is 10.8. The first-order valence-corrected chi connectivity index (χ1v) is 6.26. The Bertz CT molecular complexity index is 267. The minimum Gasteiger partial charge on any atom is -0.481 e. The number of aliphatic carboxylic acids is 1. The Hall–Kier alpha value is -0.830. The van der Waals surface area contributed by atoms with Gasteiger partial charge < -0.3 is 9.84 Å². The molecule has 0 amide bonds. The Balaban J connectivity index is 1.83. The van der Waals surface area contributed by atoms with Crippen LogP contribution in [-0.4, -0.2) is 24.3 Å². The van der Waals surface area contributed by atoms with E-state index < -0.39 is 5.97 Å². The quantitative estimate of drug-likeness (QED) is 0.733. The summed E-state index contributed by atoms with van der Waals surface area (Å²) in [5.74, 6) is -0.0536. The molecule has 0 bridgehead atoms. The molecular weight excluding hydrogens is 204 g/mol. The van der Waals surface area contributed by atoms with Crippen molar-refractivity contribution in [3.63, 3.8) is 0 Å². The predicted octanol–water partition coefficient (Wildman–Crippen LogP) is 2.61. The summed E-state index contributed by atoms with van der Waals surface area (Å²) in [6.07, 6.45) is 8.26. The smallest absolute Gasteiger partial charge is 0.306 e. The van der Waals surface area contributed by atoms with Gasteiger partial charge >= 0.3 is 5.97 Å². The van der Waals surface area contributed by atoms with Crippen LogP contribution >= 0.6 is 0 Å². The molecule has 0 aromatic carbocycles. The Kier molecular flexibility index (Phi) is 3.99. The SMILES string of the molecule is O=C(O)C1CCC(=CC2CCOCC2)CC1. The lowest BCUT2D eigenvalue weighted by atomic mass is 9.83. The van der Waals surface area contributed by atoms with Gasteiger partial charge in [0.2, 0.25) is 0 Å². The highest BCUT2D eigenvalue weighted by atomic mass is 16.5. The lowest BCUT2D eigenvalue weighted by molar-refractivity contribution is -0.142. The van der Waals surface area contributed by atoms with E-state index in [1.807, 2.05) is 0 Å². The van der Waals surface area contributed by atoms with Crippen molar-refractivity contribution >= 4 is 5.97 Å². The van der Waals surface area contributed by atoms with Crippen LogP contribution in [0, 0.1) is 11.8 Å². The normalized spacial score (nSPS) is 27.8. The monoisotopic (exact) mass is 224 g/mol. The second kappa shape index (κ2) is 5.48. The van der Waals surface area contributed by atoms with Gasteiger partial charge in [0.25, 0.3) is 0 Å². The summed E-state index contributed by atoms with van der Waals surface area (Å²) in [5, 5.41) is 8.91. The molecule has 0 radical (unpaired) electrons. The molecular formula is C13H20O3. The molecule has 1 heterocycles. The maximum Gasteiger partial charge on any atom is 0.306 e. The summed E-state index contributed by atoms with van der Waals surface area (Å²) < 4.78 is 5.33. The second-order valence-electron chi connectivity index (χ2n) is 4.89. The van der Waals surface area contributed by atoms with Gasteiger partial charge in [-0.25, -0.2) is 0 Å². The highest BCUT2D eigenvalue weighted by Gasteiger charge is 2.23. The summed E-state index contributed by atoms with van der Waals surface area (Å²) in [6.45, 7) is 1.76. The minimum atomic E-state index is -0.620. The largest absolute Gasteiger partial charge is 0.481 e. The molecule has 0 atom stereocenters. The van der Waals surface area contributed by atoms with E-state index in [0.29, 0.717) is 5.92 Å². The summed E-state index contributed by atoms with van der Waals surface area (Å²) in [5.41, 5.74) is 1.48. The van der Waals surface area contributed by atoms with E-state index in [9.17, 15) is 4.79 Å². The summed E-state index contributed by atoms with van der Waals surface area (Å²) in [6, 6.07) is 0. The van der Waals surface area contributed by atoms with Crippen molar-refractivity contribution in [3.05, 3.63) is 11.6 Å². The molecule has 90 valence electrons.